The van der Waals surface area contributed by atoms with E-state index in [4.69, 9.17) is 0 Å². The van der Waals surface area contributed by atoms with Gasteiger partial charge in [0.05, 0.1) is 6.20 Å². The van der Waals surface area contributed by atoms with Crippen molar-refractivity contribution < 1.29 is 0 Å². The van der Waals surface area contributed by atoms with Crippen LogP contribution in [-0.2, 0) is 6.42 Å². The zero-order chi connectivity index (χ0) is 13.9. The van der Waals surface area contributed by atoms with Crippen LogP contribution in [0.25, 0.3) is 0 Å². The summed E-state index contributed by atoms with van der Waals surface area (Å²) in [6.07, 6.45) is 7.95. The Kier molecular flexibility index (Phi) is 3.63. The SMILES string of the molecule is Cc1cnnc(N2CCC(Cc3cccnc3)C2)c1C. The van der Waals surface area contributed by atoms with Gasteiger partial charge in [-0.25, -0.2) is 0 Å². The van der Waals surface area contributed by atoms with Gasteiger partial charge in [0.15, 0.2) is 5.82 Å². The molecule has 1 unspecified atom stereocenters. The predicted octanol–water partition coefficient (Wildman–Crippen LogP) is 2.56. The maximum Gasteiger partial charge on any atom is 0.154 e. The number of nitrogens with zero attached hydrogens (tertiary/aromatic N) is 4. The lowest BCUT2D eigenvalue weighted by atomic mass is 10.0. The van der Waals surface area contributed by atoms with Crippen molar-refractivity contribution in [1.29, 1.82) is 0 Å². The zero-order valence-electron chi connectivity index (χ0n) is 12.1. The molecule has 1 aliphatic heterocycles. The Morgan fingerprint density at radius 2 is 2.20 bits per heavy atom. The summed E-state index contributed by atoms with van der Waals surface area (Å²) in [5, 5.41) is 8.42. The molecular formula is C16H20N4. The van der Waals surface area contributed by atoms with Crippen molar-refractivity contribution in [1.82, 2.24) is 15.2 Å². The quantitative estimate of drug-likeness (QED) is 0.858. The number of hydrogen-bond donors (Lipinski definition) is 0. The molecule has 20 heavy (non-hydrogen) atoms. The molecule has 4 heteroatoms. The van der Waals surface area contributed by atoms with E-state index in [1.165, 1.54) is 23.1 Å². The normalized spacial score (nSPS) is 18.5. The molecule has 0 spiro atoms. The molecule has 0 N–H and O–H groups in total. The van der Waals surface area contributed by atoms with Gasteiger partial charge in [0.25, 0.3) is 0 Å². The second-order valence-electron chi connectivity index (χ2n) is 5.64. The average Bonchev–Trinajstić information content (AvgIpc) is 2.91. The molecule has 1 fully saturated rings. The smallest absolute Gasteiger partial charge is 0.154 e. The van der Waals surface area contributed by atoms with Gasteiger partial charge in [0.2, 0.25) is 0 Å². The summed E-state index contributed by atoms with van der Waals surface area (Å²) >= 11 is 0. The van der Waals surface area contributed by atoms with E-state index in [9.17, 15) is 0 Å². The van der Waals surface area contributed by atoms with Gasteiger partial charge in [-0.2, -0.15) is 5.10 Å². The number of hydrogen-bond acceptors (Lipinski definition) is 4. The van der Waals surface area contributed by atoms with Gasteiger partial charge < -0.3 is 4.90 Å². The van der Waals surface area contributed by atoms with Gasteiger partial charge >= 0.3 is 0 Å². The van der Waals surface area contributed by atoms with E-state index in [2.05, 4.69) is 40.0 Å². The summed E-state index contributed by atoms with van der Waals surface area (Å²) in [7, 11) is 0. The highest BCUT2D eigenvalue weighted by Crippen LogP contribution is 2.27. The lowest BCUT2D eigenvalue weighted by Crippen LogP contribution is -2.23. The monoisotopic (exact) mass is 268 g/mol. The van der Waals surface area contributed by atoms with Crippen LogP contribution in [0.1, 0.15) is 23.1 Å². The molecule has 1 saturated heterocycles. The Bertz CT molecular complexity index is 582. The van der Waals surface area contributed by atoms with Gasteiger partial charge in [0, 0.05) is 25.5 Å². The fourth-order valence-electron chi connectivity index (χ4n) is 2.86. The van der Waals surface area contributed by atoms with Crippen molar-refractivity contribution in [2.75, 3.05) is 18.0 Å². The first-order valence-corrected chi connectivity index (χ1v) is 7.17. The lowest BCUT2D eigenvalue weighted by molar-refractivity contribution is 0.585. The fraction of sp³-hybridized carbons (Fsp3) is 0.438. The Hall–Kier alpha value is -1.97. The molecule has 3 heterocycles. The molecule has 0 aromatic carbocycles. The number of aromatic nitrogens is 3. The molecule has 4 nitrogen and oxygen atoms in total. The Morgan fingerprint density at radius 3 is 3.00 bits per heavy atom. The van der Waals surface area contributed by atoms with E-state index in [-0.39, 0.29) is 0 Å². The molecule has 1 aliphatic rings. The van der Waals surface area contributed by atoms with E-state index in [1.54, 1.807) is 0 Å². The molecule has 1 atom stereocenters. The van der Waals surface area contributed by atoms with Crippen LogP contribution in [0.4, 0.5) is 5.82 Å². The first-order valence-electron chi connectivity index (χ1n) is 7.17. The highest BCUT2D eigenvalue weighted by atomic mass is 15.3. The van der Waals surface area contributed by atoms with Crippen molar-refractivity contribution in [2.45, 2.75) is 26.7 Å². The largest absolute Gasteiger partial charge is 0.355 e. The van der Waals surface area contributed by atoms with Crippen LogP contribution in [0, 0.1) is 19.8 Å². The summed E-state index contributed by atoms with van der Waals surface area (Å²) < 4.78 is 0. The third kappa shape index (κ3) is 2.64. The Labute approximate surface area is 119 Å². The van der Waals surface area contributed by atoms with Gasteiger partial charge in [-0.1, -0.05) is 6.07 Å². The van der Waals surface area contributed by atoms with E-state index in [1.807, 2.05) is 24.7 Å². The minimum absolute atomic E-state index is 0.681. The fourth-order valence-corrected chi connectivity index (χ4v) is 2.86. The van der Waals surface area contributed by atoms with Crippen LogP contribution in [0.3, 0.4) is 0 Å². The second-order valence-corrected chi connectivity index (χ2v) is 5.64. The molecule has 2 aromatic rings. The maximum absolute atomic E-state index is 4.33. The lowest BCUT2D eigenvalue weighted by Gasteiger charge is -2.19. The average molecular weight is 268 g/mol. The zero-order valence-corrected chi connectivity index (χ0v) is 12.1. The molecule has 0 bridgehead atoms. The summed E-state index contributed by atoms with van der Waals surface area (Å²) in [5.41, 5.74) is 3.79. The number of pyridine rings is 1. The first-order chi connectivity index (χ1) is 9.74. The topological polar surface area (TPSA) is 41.9 Å². The van der Waals surface area contributed by atoms with Crippen LogP contribution in [0.2, 0.25) is 0 Å². The molecule has 0 saturated carbocycles. The van der Waals surface area contributed by atoms with Gasteiger partial charge in [-0.15, -0.1) is 5.10 Å². The Morgan fingerprint density at radius 1 is 1.30 bits per heavy atom. The van der Waals surface area contributed by atoms with Crippen molar-refractivity contribution in [3.63, 3.8) is 0 Å². The van der Waals surface area contributed by atoms with Crippen LogP contribution >= 0.6 is 0 Å². The van der Waals surface area contributed by atoms with Crippen LogP contribution in [0.5, 0.6) is 0 Å². The Balaban J connectivity index is 1.69. The van der Waals surface area contributed by atoms with Crippen molar-refractivity contribution in [3.05, 3.63) is 47.4 Å². The minimum Gasteiger partial charge on any atom is -0.355 e. The standard InChI is InChI=1S/C16H20N4/c1-12-9-18-19-16(13(12)2)20-7-5-15(11-20)8-14-4-3-6-17-10-14/h3-4,6,9-10,15H,5,7-8,11H2,1-2H3. The van der Waals surface area contributed by atoms with Crippen LogP contribution in [0.15, 0.2) is 30.7 Å². The number of aryl methyl sites for hydroxylation is 1. The summed E-state index contributed by atoms with van der Waals surface area (Å²) in [6.45, 7) is 6.36. The van der Waals surface area contributed by atoms with Gasteiger partial charge in [-0.3, -0.25) is 4.98 Å². The molecule has 0 radical (unpaired) electrons. The van der Waals surface area contributed by atoms with E-state index < -0.39 is 0 Å². The van der Waals surface area contributed by atoms with E-state index >= 15 is 0 Å². The van der Waals surface area contributed by atoms with Crippen LogP contribution in [-0.4, -0.2) is 28.3 Å². The third-order valence-electron chi connectivity index (χ3n) is 4.16. The molecule has 0 amide bonds. The highest BCUT2D eigenvalue weighted by Gasteiger charge is 2.25. The number of anilines is 1. The molecule has 104 valence electrons. The van der Waals surface area contributed by atoms with Gasteiger partial charge in [-0.05, 0) is 55.4 Å². The van der Waals surface area contributed by atoms with Crippen molar-refractivity contribution in [2.24, 2.45) is 5.92 Å². The van der Waals surface area contributed by atoms with Crippen LogP contribution < -0.4 is 4.90 Å². The first kappa shape index (κ1) is 13.0. The molecule has 2 aromatic heterocycles. The second kappa shape index (κ2) is 5.57. The van der Waals surface area contributed by atoms with Crippen molar-refractivity contribution >= 4 is 5.82 Å². The summed E-state index contributed by atoms with van der Waals surface area (Å²) in [5.74, 6) is 1.74. The molecule has 0 aliphatic carbocycles. The summed E-state index contributed by atoms with van der Waals surface area (Å²) in [4.78, 5) is 6.57. The third-order valence-corrected chi connectivity index (χ3v) is 4.16. The van der Waals surface area contributed by atoms with E-state index in [0.29, 0.717) is 5.92 Å². The minimum atomic E-state index is 0.681. The predicted molar refractivity (Wildman–Crippen MR) is 79.8 cm³/mol. The number of rotatable bonds is 3. The van der Waals surface area contributed by atoms with Crippen molar-refractivity contribution in [3.8, 4) is 0 Å². The van der Waals surface area contributed by atoms with Gasteiger partial charge in [0.1, 0.15) is 0 Å². The van der Waals surface area contributed by atoms with E-state index in [0.717, 1.165) is 25.3 Å². The molecular weight excluding hydrogens is 248 g/mol. The molecule has 3 rings (SSSR count). The maximum atomic E-state index is 4.33. The highest BCUT2D eigenvalue weighted by molar-refractivity contribution is 5.49. The summed E-state index contributed by atoms with van der Waals surface area (Å²) in [6, 6.07) is 4.17.